The Morgan fingerprint density at radius 1 is 0.969 bits per heavy atom. The topological polar surface area (TPSA) is 238 Å². The van der Waals surface area contributed by atoms with Gasteiger partial charge in [-0.2, -0.15) is 0 Å². The summed E-state index contributed by atoms with van der Waals surface area (Å²) in [6.45, 7) is 13.3. The molecule has 1 fully saturated rings. The number of carbonyl (C=O) groups excluding carboxylic acids is 7. The van der Waals surface area contributed by atoms with E-state index in [9.17, 15) is 38.7 Å². The number of esters is 1. The van der Waals surface area contributed by atoms with Crippen LogP contribution >= 0.6 is 34.4 Å². The number of likely N-dealkylation sites (tertiary alicyclic amines) is 1. The highest BCUT2D eigenvalue weighted by Crippen LogP contribution is 2.32. The van der Waals surface area contributed by atoms with Gasteiger partial charge >= 0.3 is 11.9 Å². The molecule has 4 rings (SSSR count). The standard InChI is InChI=1S/C44H64N8O10S3/c1-9-26(5)36(48-40(58)31-14-11-12-18-50(31)8)42(59)51(19-13-20-52-34(54)15-16-35(52)55)32(25(3)4)22-33(62-28(7)53)41-47-30(23-64-41)38(56)46-29(24-65-44-45-17-21-63-44)39(57)49-37(43(60)61)27(6)10-2/h15-17,21,23,25-27,29,31-33,36-37H,9-14,18-20,22,24H2,1-8H3,(H,46,56)(H,48,58)(H,49,57)(H,60,61)/t26-,27?,29-,31+,32?,33+,36-,37?/m0/s1. The molecule has 1 saturated heterocycles. The maximum absolute atomic E-state index is 15.0. The van der Waals surface area contributed by atoms with E-state index in [2.05, 4.69) is 25.9 Å². The summed E-state index contributed by atoms with van der Waals surface area (Å²) in [6, 6.07) is -4.32. The second-order valence-corrected chi connectivity index (χ2v) is 20.0. The molecule has 2 aromatic heterocycles. The second kappa shape index (κ2) is 25.3. The van der Waals surface area contributed by atoms with Crippen LogP contribution in [0.25, 0.3) is 0 Å². The molecule has 0 bridgehead atoms. The number of nitrogens with one attached hydrogen (secondary N) is 3. The van der Waals surface area contributed by atoms with Crippen LogP contribution in [0.1, 0.15) is 115 Å². The highest BCUT2D eigenvalue weighted by molar-refractivity contribution is 8.01. The molecule has 2 aromatic rings. The SMILES string of the molecule is CCC(C)C(NC(=O)[C@H](CSc1nccs1)NC(=O)c1csc([C@@H](CC(C(C)C)N(CCCN2C(=O)C=CC2=O)C(=O)[C@@H](NC(=O)[C@H]2CCCCN2C)[C@@H](C)CC)OC(C)=O)n1)C(=O)O. The Morgan fingerprint density at radius 3 is 2.23 bits per heavy atom. The number of carbonyl (C=O) groups is 8. The highest BCUT2D eigenvalue weighted by Gasteiger charge is 2.39. The van der Waals surface area contributed by atoms with Gasteiger partial charge in [0.1, 0.15) is 33.2 Å². The summed E-state index contributed by atoms with van der Waals surface area (Å²) in [6.07, 6.45) is 6.80. The molecule has 2 aliphatic heterocycles. The normalized spacial score (nSPS) is 18.6. The van der Waals surface area contributed by atoms with E-state index in [0.717, 1.165) is 35.6 Å². The Balaban J connectivity index is 1.64. The number of ether oxygens (including phenoxy) is 1. The summed E-state index contributed by atoms with van der Waals surface area (Å²) in [5.41, 5.74) is -0.0780. The number of thioether (sulfide) groups is 1. The fourth-order valence-corrected chi connectivity index (χ4v) is 10.2. The lowest BCUT2D eigenvalue weighted by atomic mass is 9.91. The summed E-state index contributed by atoms with van der Waals surface area (Å²) >= 11 is 3.62. The largest absolute Gasteiger partial charge is 0.480 e. The van der Waals surface area contributed by atoms with Gasteiger partial charge in [-0.25, -0.2) is 14.8 Å². The highest BCUT2D eigenvalue weighted by atomic mass is 32.2. The van der Waals surface area contributed by atoms with Crippen molar-refractivity contribution < 1.29 is 48.2 Å². The molecule has 0 aliphatic carbocycles. The molecule has 2 aliphatic rings. The number of carboxylic acids is 1. The van der Waals surface area contributed by atoms with Gasteiger partial charge in [0.2, 0.25) is 17.7 Å². The fraction of sp³-hybridized carbons (Fsp3) is 0.636. The molecular formula is C44H64N8O10S3. The minimum absolute atomic E-state index is 0.0366. The van der Waals surface area contributed by atoms with Crippen LogP contribution in [0, 0.1) is 17.8 Å². The van der Waals surface area contributed by atoms with E-state index in [1.54, 1.807) is 23.4 Å². The number of hydrogen-bond acceptors (Lipinski definition) is 15. The third-order valence-corrected chi connectivity index (χ3v) is 15.0. The minimum atomic E-state index is -1.20. The number of rotatable bonds is 25. The Morgan fingerprint density at radius 2 is 1.65 bits per heavy atom. The van der Waals surface area contributed by atoms with E-state index in [1.165, 1.54) is 47.6 Å². The summed E-state index contributed by atoms with van der Waals surface area (Å²) in [4.78, 5) is 120. The van der Waals surface area contributed by atoms with Crippen LogP contribution in [0.3, 0.4) is 0 Å². The van der Waals surface area contributed by atoms with Gasteiger partial charge in [0.15, 0.2) is 6.10 Å². The first kappa shape index (κ1) is 52.9. The monoisotopic (exact) mass is 960 g/mol. The lowest BCUT2D eigenvalue weighted by Gasteiger charge is -2.40. The van der Waals surface area contributed by atoms with Crippen molar-refractivity contribution in [3.05, 3.63) is 39.8 Å². The van der Waals surface area contributed by atoms with Gasteiger partial charge in [-0.1, -0.05) is 72.6 Å². The van der Waals surface area contributed by atoms with Crippen molar-refractivity contribution in [3.8, 4) is 0 Å². The summed E-state index contributed by atoms with van der Waals surface area (Å²) in [5.74, 6) is -5.64. The zero-order valence-electron chi connectivity index (χ0n) is 38.4. The van der Waals surface area contributed by atoms with Gasteiger partial charge in [0, 0.05) is 67.3 Å². The Bertz CT molecular complexity index is 1990. The molecule has 0 saturated carbocycles. The number of aromatic nitrogens is 2. The number of hydrogen-bond donors (Lipinski definition) is 4. The van der Waals surface area contributed by atoms with Gasteiger partial charge in [-0.05, 0) is 50.6 Å². The first-order valence-corrected chi connectivity index (χ1v) is 24.9. The third-order valence-electron chi connectivity index (χ3n) is 12.0. The molecular weight excluding hydrogens is 897 g/mol. The molecule has 3 unspecified atom stereocenters. The van der Waals surface area contributed by atoms with E-state index in [1.807, 2.05) is 46.6 Å². The van der Waals surface area contributed by atoms with Crippen LogP contribution in [0.2, 0.25) is 0 Å². The van der Waals surface area contributed by atoms with Crippen molar-refractivity contribution in [1.82, 2.24) is 40.6 Å². The predicted octanol–water partition coefficient (Wildman–Crippen LogP) is 4.28. The molecule has 0 radical (unpaired) electrons. The number of imide groups is 1. The number of thiazole rings is 2. The molecule has 21 heteroatoms. The smallest absolute Gasteiger partial charge is 0.326 e. The first-order valence-electron chi connectivity index (χ1n) is 22.2. The lowest BCUT2D eigenvalue weighted by Crippen LogP contribution is -2.59. The van der Waals surface area contributed by atoms with Gasteiger partial charge in [-0.15, -0.1) is 22.7 Å². The van der Waals surface area contributed by atoms with Crippen LogP contribution < -0.4 is 16.0 Å². The number of piperidine rings is 1. The van der Waals surface area contributed by atoms with Crippen LogP contribution in [-0.4, -0.2) is 140 Å². The quantitative estimate of drug-likeness (QED) is 0.0618. The van der Waals surface area contributed by atoms with E-state index >= 15 is 4.79 Å². The lowest BCUT2D eigenvalue weighted by molar-refractivity contribution is -0.150. The molecule has 4 heterocycles. The van der Waals surface area contributed by atoms with Gasteiger partial charge in [0.25, 0.3) is 17.7 Å². The summed E-state index contributed by atoms with van der Waals surface area (Å²) < 4.78 is 6.51. The number of carboxylic acid groups (broad SMARTS) is 1. The van der Waals surface area contributed by atoms with Crippen LogP contribution in [0.15, 0.2) is 33.4 Å². The van der Waals surface area contributed by atoms with Crippen LogP contribution in [-0.2, 0) is 38.3 Å². The zero-order chi connectivity index (χ0) is 48.0. The number of amides is 6. The Kier molecular flexibility index (Phi) is 20.5. The molecule has 18 nitrogen and oxygen atoms in total. The Labute approximate surface area is 393 Å². The molecule has 6 amide bonds. The first-order chi connectivity index (χ1) is 30.9. The van der Waals surface area contributed by atoms with E-state index in [4.69, 9.17) is 4.74 Å². The number of nitrogens with zero attached hydrogens (tertiary/aromatic N) is 5. The van der Waals surface area contributed by atoms with Crippen molar-refractivity contribution in [1.29, 1.82) is 0 Å². The van der Waals surface area contributed by atoms with Gasteiger partial charge < -0.3 is 30.7 Å². The Hall–Kier alpha value is -4.73. The molecule has 65 heavy (non-hydrogen) atoms. The molecule has 358 valence electrons. The summed E-state index contributed by atoms with van der Waals surface area (Å²) in [5, 5.41) is 21.7. The fourth-order valence-electron chi connectivity index (χ4n) is 7.71. The molecule has 4 N–H and O–H groups in total. The van der Waals surface area contributed by atoms with E-state index in [0.29, 0.717) is 23.6 Å². The van der Waals surface area contributed by atoms with Crippen molar-refractivity contribution in [3.63, 3.8) is 0 Å². The van der Waals surface area contributed by atoms with Crippen molar-refractivity contribution in [2.75, 3.05) is 32.4 Å². The average Bonchev–Trinajstić information content (AvgIpc) is 4.05. The van der Waals surface area contributed by atoms with Crippen LogP contribution in [0.4, 0.5) is 0 Å². The molecule has 0 aromatic carbocycles. The number of aliphatic carboxylic acids is 1. The van der Waals surface area contributed by atoms with E-state index in [-0.39, 0.29) is 66.0 Å². The summed E-state index contributed by atoms with van der Waals surface area (Å²) in [7, 11) is 1.90. The second-order valence-electron chi connectivity index (χ2n) is 17.0. The van der Waals surface area contributed by atoms with Crippen molar-refractivity contribution >= 4 is 81.8 Å². The van der Waals surface area contributed by atoms with Gasteiger partial charge in [-0.3, -0.25) is 43.4 Å². The van der Waals surface area contributed by atoms with Crippen molar-refractivity contribution in [2.24, 2.45) is 17.8 Å². The maximum atomic E-state index is 15.0. The van der Waals surface area contributed by atoms with E-state index < -0.39 is 77.8 Å². The van der Waals surface area contributed by atoms with Crippen molar-refractivity contribution in [2.45, 2.75) is 134 Å². The van der Waals surface area contributed by atoms with Gasteiger partial charge in [0.05, 0.1) is 6.04 Å². The minimum Gasteiger partial charge on any atom is -0.480 e. The molecule has 0 spiro atoms. The third kappa shape index (κ3) is 14.9. The maximum Gasteiger partial charge on any atom is 0.326 e. The predicted molar refractivity (Wildman–Crippen MR) is 247 cm³/mol. The average molecular weight is 961 g/mol. The number of likely N-dealkylation sites (N-methyl/N-ethyl adjacent to an activating group) is 1. The van der Waals surface area contributed by atoms with Crippen LogP contribution in [0.5, 0.6) is 0 Å². The molecule has 8 atom stereocenters. The zero-order valence-corrected chi connectivity index (χ0v) is 40.9.